The Hall–Kier alpha value is -1.95. The molecule has 0 unspecified atom stereocenters. The highest BCUT2D eigenvalue weighted by atomic mass is 79.9. The Balaban J connectivity index is 1.45. The molecule has 6 heteroatoms. The number of nitrogens with one attached hydrogen (secondary N) is 1. The van der Waals surface area contributed by atoms with Gasteiger partial charge in [0.25, 0.3) is 0 Å². The first-order chi connectivity index (χ1) is 11.0. The summed E-state index contributed by atoms with van der Waals surface area (Å²) < 4.78 is 0.913. The third kappa shape index (κ3) is 2.32. The molecule has 1 N–H and O–H groups in total. The van der Waals surface area contributed by atoms with Crippen LogP contribution in [0.15, 0.2) is 40.9 Å². The van der Waals surface area contributed by atoms with Gasteiger partial charge in [0.05, 0.1) is 11.8 Å². The van der Waals surface area contributed by atoms with Crippen molar-refractivity contribution in [1.82, 2.24) is 4.90 Å². The molecule has 4 rings (SSSR count). The van der Waals surface area contributed by atoms with Gasteiger partial charge >= 0.3 is 0 Å². The van der Waals surface area contributed by atoms with E-state index >= 15 is 0 Å². The third-order valence-electron chi connectivity index (χ3n) is 4.99. The summed E-state index contributed by atoms with van der Waals surface area (Å²) in [5, 5.41) is 2.72. The van der Waals surface area contributed by atoms with Crippen LogP contribution in [-0.4, -0.2) is 29.2 Å². The lowest BCUT2D eigenvalue weighted by molar-refractivity contribution is -0.143. The molecule has 1 saturated heterocycles. The number of anilines is 1. The number of benzene rings is 1. The van der Waals surface area contributed by atoms with E-state index in [1.165, 1.54) is 0 Å². The Bertz CT molecular complexity index is 698. The van der Waals surface area contributed by atoms with Crippen molar-refractivity contribution in [3.05, 3.63) is 40.9 Å². The van der Waals surface area contributed by atoms with Crippen molar-refractivity contribution < 1.29 is 14.4 Å². The Morgan fingerprint density at radius 2 is 1.65 bits per heavy atom. The quantitative estimate of drug-likeness (QED) is 0.651. The number of amides is 3. The van der Waals surface area contributed by atoms with Gasteiger partial charge in [-0.2, -0.15) is 0 Å². The van der Waals surface area contributed by atoms with Gasteiger partial charge in [-0.25, -0.2) is 0 Å². The van der Waals surface area contributed by atoms with E-state index < -0.39 is 0 Å². The lowest BCUT2D eigenvalue weighted by atomic mass is 9.85. The molecule has 4 atom stereocenters. The first kappa shape index (κ1) is 14.6. The average Bonchev–Trinajstić information content (AvgIpc) is 3.19. The average molecular weight is 375 g/mol. The Morgan fingerprint density at radius 3 is 2.22 bits per heavy atom. The van der Waals surface area contributed by atoms with Crippen molar-refractivity contribution in [3.63, 3.8) is 0 Å². The molecule has 1 heterocycles. The number of hydrogen-bond donors (Lipinski definition) is 1. The van der Waals surface area contributed by atoms with Gasteiger partial charge in [-0.1, -0.05) is 28.1 Å². The summed E-state index contributed by atoms with van der Waals surface area (Å²) in [6, 6.07) is 7.15. The number of imide groups is 1. The smallest absolute Gasteiger partial charge is 0.244 e. The van der Waals surface area contributed by atoms with Gasteiger partial charge in [0.15, 0.2) is 0 Å². The maximum atomic E-state index is 12.5. The Labute approximate surface area is 141 Å². The van der Waals surface area contributed by atoms with E-state index in [-0.39, 0.29) is 47.9 Å². The number of allylic oxidation sites excluding steroid dienone is 2. The molecule has 0 aromatic heterocycles. The zero-order chi connectivity index (χ0) is 16.1. The first-order valence-corrected chi connectivity index (χ1v) is 8.43. The summed E-state index contributed by atoms with van der Waals surface area (Å²) in [6.45, 7) is -0.208. The molecule has 1 aromatic carbocycles. The molecule has 3 amide bonds. The zero-order valence-electron chi connectivity index (χ0n) is 12.2. The summed E-state index contributed by atoms with van der Waals surface area (Å²) in [5.74, 6) is -0.905. The second-order valence-electron chi connectivity index (χ2n) is 6.32. The van der Waals surface area contributed by atoms with Gasteiger partial charge in [-0.05, 0) is 42.5 Å². The SMILES string of the molecule is O=C(CN1C(=O)[C@@H]2[C@@H](C1=O)[C@H]1C=C[C@@H]2C1)Nc1ccc(Br)cc1. The number of carbonyl (C=O) groups excluding carboxylic acids is 3. The number of likely N-dealkylation sites (tertiary alicyclic amines) is 1. The van der Waals surface area contributed by atoms with Crippen LogP contribution in [0, 0.1) is 23.7 Å². The lowest BCUT2D eigenvalue weighted by Crippen LogP contribution is -2.39. The molecule has 1 saturated carbocycles. The maximum Gasteiger partial charge on any atom is 0.244 e. The number of rotatable bonds is 3. The van der Waals surface area contributed by atoms with Crippen LogP contribution in [0.25, 0.3) is 0 Å². The zero-order valence-corrected chi connectivity index (χ0v) is 13.8. The van der Waals surface area contributed by atoms with Crippen molar-refractivity contribution in [3.8, 4) is 0 Å². The molecule has 1 aromatic rings. The molecule has 0 spiro atoms. The van der Waals surface area contributed by atoms with Crippen molar-refractivity contribution in [2.24, 2.45) is 23.7 Å². The largest absolute Gasteiger partial charge is 0.325 e. The van der Waals surface area contributed by atoms with E-state index in [4.69, 9.17) is 0 Å². The summed E-state index contributed by atoms with van der Waals surface area (Å²) in [7, 11) is 0. The van der Waals surface area contributed by atoms with Crippen molar-refractivity contribution in [2.45, 2.75) is 6.42 Å². The number of hydrogen-bond acceptors (Lipinski definition) is 3. The Kier molecular flexibility index (Phi) is 3.37. The van der Waals surface area contributed by atoms with Gasteiger partial charge in [-0.15, -0.1) is 0 Å². The second kappa shape index (κ2) is 5.30. The third-order valence-corrected chi connectivity index (χ3v) is 5.52. The van der Waals surface area contributed by atoms with E-state index in [1.54, 1.807) is 12.1 Å². The predicted octanol–water partition coefficient (Wildman–Crippen LogP) is 2.19. The summed E-state index contributed by atoms with van der Waals surface area (Å²) in [4.78, 5) is 38.3. The fourth-order valence-electron chi connectivity index (χ4n) is 4.00. The molecule has 2 aliphatic carbocycles. The molecule has 118 valence electrons. The van der Waals surface area contributed by atoms with Gasteiger partial charge < -0.3 is 5.32 Å². The molecular weight excluding hydrogens is 360 g/mol. The van der Waals surface area contributed by atoms with E-state index in [1.807, 2.05) is 24.3 Å². The highest BCUT2D eigenvalue weighted by Crippen LogP contribution is 2.52. The van der Waals surface area contributed by atoms with Gasteiger partial charge in [0.2, 0.25) is 17.7 Å². The molecule has 23 heavy (non-hydrogen) atoms. The summed E-state index contributed by atoms with van der Waals surface area (Å²) >= 11 is 3.33. The van der Waals surface area contributed by atoms with Crippen LogP contribution in [0.5, 0.6) is 0 Å². The van der Waals surface area contributed by atoms with Crippen LogP contribution in [0.3, 0.4) is 0 Å². The molecule has 2 bridgehead atoms. The maximum absolute atomic E-state index is 12.5. The summed E-state index contributed by atoms with van der Waals surface area (Å²) in [6.07, 6.45) is 4.98. The normalized spacial score (nSPS) is 30.9. The highest BCUT2D eigenvalue weighted by molar-refractivity contribution is 9.10. The molecule has 5 nitrogen and oxygen atoms in total. The monoisotopic (exact) mass is 374 g/mol. The molecule has 2 fully saturated rings. The minimum absolute atomic E-state index is 0.168. The van der Waals surface area contributed by atoms with Crippen LogP contribution in [0.2, 0.25) is 0 Å². The molecular formula is C17H15BrN2O3. The van der Waals surface area contributed by atoms with E-state index in [0.717, 1.165) is 15.8 Å². The number of nitrogens with zero attached hydrogens (tertiary/aromatic N) is 1. The van der Waals surface area contributed by atoms with E-state index in [0.29, 0.717) is 5.69 Å². The highest BCUT2D eigenvalue weighted by Gasteiger charge is 2.59. The number of fused-ring (bicyclic) bond motifs is 5. The summed E-state index contributed by atoms with van der Waals surface area (Å²) in [5.41, 5.74) is 0.638. The lowest BCUT2D eigenvalue weighted by Gasteiger charge is -2.16. The fourth-order valence-corrected chi connectivity index (χ4v) is 4.26. The van der Waals surface area contributed by atoms with Crippen LogP contribution in [0.1, 0.15) is 6.42 Å². The van der Waals surface area contributed by atoms with Gasteiger partial charge in [0, 0.05) is 10.2 Å². The van der Waals surface area contributed by atoms with Gasteiger partial charge in [0.1, 0.15) is 6.54 Å². The number of halogens is 1. The van der Waals surface area contributed by atoms with Crippen LogP contribution >= 0.6 is 15.9 Å². The van der Waals surface area contributed by atoms with Crippen LogP contribution < -0.4 is 5.32 Å². The van der Waals surface area contributed by atoms with Crippen molar-refractivity contribution >= 4 is 39.3 Å². The van der Waals surface area contributed by atoms with Crippen molar-refractivity contribution in [2.75, 3.05) is 11.9 Å². The molecule has 1 aliphatic heterocycles. The van der Waals surface area contributed by atoms with Crippen LogP contribution in [-0.2, 0) is 14.4 Å². The number of carbonyl (C=O) groups is 3. The van der Waals surface area contributed by atoms with Crippen LogP contribution in [0.4, 0.5) is 5.69 Å². The van der Waals surface area contributed by atoms with Crippen molar-refractivity contribution in [1.29, 1.82) is 0 Å². The Morgan fingerprint density at radius 1 is 1.09 bits per heavy atom. The standard InChI is InChI=1S/C17H15BrN2O3/c18-11-3-5-12(6-4-11)19-13(21)8-20-16(22)14-9-1-2-10(7-9)15(14)17(20)23/h1-6,9-10,14-15H,7-8H2,(H,19,21)/t9-,10+,14-,15-/m0/s1. The predicted molar refractivity (Wildman–Crippen MR) is 87.2 cm³/mol. The minimum Gasteiger partial charge on any atom is -0.325 e. The van der Waals surface area contributed by atoms with E-state index in [9.17, 15) is 14.4 Å². The van der Waals surface area contributed by atoms with Gasteiger partial charge in [-0.3, -0.25) is 19.3 Å². The topological polar surface area (TPSA) is 66.5 Å². The molecule has 0 radical (unpaired) electrons. The molecule has 3 aliphatic rings. The first-order valence-electron chi connectivity index (χ1n) is 7.63. The fraction of sp³-hybridized carbons (Fsp3) is 0.353. The minimum atomic E-state index is -0.352. The van der Waals surface area contributed by atoms with E-state index in [2.05, 4.69) is 21.2 Å². The second-order valence-corrected chi connectivity index (χ2v) is 7.23.